The molecule has 0 aliphatic heterocycles. The first-order chi connectivity index (χ1) is 6.65. The average Bonchev–Trinajstić information content (AvgIpc) is 2.18. The van der Waals surface area contributed by atoms with Crippen LogP contribution in [0.5, 0.6) is 5.88 Å². The van der Waals surface area contributed by atoms with Crippen LogP contribution in [0.15, 0.2) is 12.5 Å². The van der Waals surface area contributed by atoms with Gasteiger partial charge in [0.05, 0.1) is 13.0 Å². The molecule has 5 nitrogen and oxygen atoms in total. The van der Waals surface area contributed by atoms with Crippen molar-refractivity contribution in [3.63, 3.8) is 0 Å². The Labute approximate surface area is 81.8 Å². The van der Waals surface area contributed by atoms with Gasteiger partial charge in [0.15, 0.2) is 0 Å². The van der Waals surface area contributed by atoms with Crippen LogP contribution < -0.4 is 4.74 Å². The maximum atomic E-state index is 10.6. The Bertz CT molecular complexity index is 328. The van der Waals surface area contributed by atoms with E-state index in [1.165, 1.54) is 13.4 Å². The average molecular weight is 196 g/mol. The van der Waals surface area contributed by atoms with Crippen molar-refractivity contribution in [1.82, 2.24) is 9.97 Å². The zero-order valence-electron chi connectivity index (χ0n) is 8.10. The van der Waals surface area contributed by atoms with Gasteiger partial charge in [-0.15, -0.1) is 0 Å². The van der Waals surface area contributed by atoms with E-state index in [0.717, 1.165) is 0 Å². The third-order valence-electron chi connectivity index (χ3n) is 1.89. The third-order valence-corrected chi connectivity index (χ3v) is 1.89. The number of nitrogens with zero attached hydrogens (tertiary/aromatic N) is 2. The zero-order valence-corrected chi connectivity index (χ0v) is 8.10. The van der Waals surface area contributed by atoms with Gasteiger partial charge < -0.3 is 9.84 Å². The van der Waals surface area contributed by atoms with Gasteiger partial charge in [-0.3, -0.25) is 4.79 Å². The number of aliphatic carboxylic acids is 1. The summed E-state index contributed by atoms with van der Waals surface area (Å²) in [5.41, 5.74) is 0.713. The molecule has 0 fully saturated rings. The van der Waals surface area contributed by atoms with Crippen LogP contribution in [0, 0.1) is 5.92 Å². The fourth-order valence-corrected chi connectivity index (χ4v) is 1.09. The summed E-state index contributed by atoms with van der Waals surface area (Å²) >= 11 is 0. The summed E-state index contributed by atoms with van der Waals surface area (Å²) in [4.78, 5) is 18.3. The van der Waals surface area contributed by atoms with Crippen LogP contribution >= 0.6 is 0 Å². The first kappa shape index (κ1) is 10.4. The van der Waals surface area contributed by atoms with E-state index >= 15 is 0 Å². The van der Waals surface area contributed by atoms with E-state index in [1.54, 1.807) is 13.1 Å². The summed E-state index contributed by atoms with van der Waals surface area (Å²) in [7, 11) is 1.50. The van der Waals surface area contributed by atoms with Gasteiger partial charge in [0.2, 0.25) is 5.88 Å². The van der Waals surface area contributed by atoms with Crippen LogP contribution in [0.25, 0.3) is 0 Å². The van der Waals surface area contributed by atoms with Crippen molar-refractivity contribution in [2.24, 2.45) is 5.92 Å². The van der Waals surface area contributed by atoms with Gasteiger partial charge in [-0.25, -0.2) is 9.97 Å². The van der Waals surface area contributed by atoms with Crippen molar-refractivity contribution in [2.45, 2.75) is 13.3 Å². The van der Waals surface area contributed by atoms with Gasteiger partial charge in [0.25, 0.3) is 0 Å². The molecule has 5 heteroatoms. The molecule has 1 aromatic rings. The Morgan fingerprint density at radius 2 is 2.43 bits per heavy atom. The Kier molecular flexibility index (Phi) is 3.39. The van der Waals surface area contributed by atoms with Crippen LogP contribution in [-0.2, 0) is 11.2 Å². The number of hydrogen-bond acceptors (Lipinski definition) is 4. The molecule has 0 bridgehead atoms. The Morgan fingerprint density at radius 1 is 1.71 bits per heavy atom. The van der Waals surface area contributed by atoms with Gasteiger partial charge in [-0.2, -0.15) is 0 Å². The summed E-state index contributed by atoms with van der Waals surface area (Å²) in [6, 6.07) is 0. The molecule has 14 heavy (non-hydrogen) atoms. The van der Waals surface area contributed by atoms with Crippen LogP contribution in [0.2, 0.25) is 0 Å². The van der Waals surface area contributed by atoms with Crippen molar-refractivity contribution < 1.29 is 14.6 Å². The minimum atomic E-state index is -0.837. The Morgan fingerprint density at radius 3 is 3.00 bits per heavy atom. The fraction of sp³-hybridized carbons (Fsp3) is 0.444. The monoisotopic (exact) mass is 196 g/mol. The van der Waals surface area contributed by atoms with Gasteiger partial charge in [-0.1, -0.05) is 6.92 Å². The quantitative estimate of drug-likeness (QED) is 0.769. The molecule has 0 saturated carbocycles. The van der Waals surface area contributed by atoms with E-state index in [4.69, 9.17) is 9.84 Å². The standard InChI is InChI=1S/C9H12N2O3/c1-6(9(12)13)3-7-4-10-5-11-8(7)14-2/h4-6H,3H2,1-2H3,(H,12,13). The van der Waals surface area contributed by atoms with E-state index in [2.05, 4.69) is 9.97 Å². The number of hydrogen-bond donors (Lipinski definition) is 1. The Hall–Kier alpha value is -1.65. The predicted octanol–water partition coefficient (Wildman–Crippen LogP) is 0.748. The highest BCUT2D eigenvalue weighted by Crippen LogP contribution is 2.16. The molecule has 1 atom stereocenters. The number of carboxylic acid groups (broad SMARTS) is 1. The van der Waals surface area contributed by atoms with Crippen molar-refractivity contribution in [1.29, 1.82) is 0 Å². The van der Waals surface area contributed by atoms with Crippen LogP contribution in [0.1, 0.15) is 12.5 Å². The second-order valence-corrected chi connectivity index (χ2v) is 3.00. The molecule has 1 heterocycles. The van der Waals surface area contributed by atoms with Crippen LogP contribution in [0.4, 0.5) is 0 Å². The van der Waals surface area contributed by atoms with Crippen molar-refractivity contribution >= 4 is 5.97 Å². The van der Waals surface area contributed by atoms with Crippen molar-refractivity contribution in [2.75, 3.05) is 7.11 Å². The van der Waals surface area contributed by atoms with Crippen molar-refractivity contribution in [3.8, 4) is 5.88 Å². The first-order valence-corrected chi connectivity index (χ1v) is 4.20. The lowest BCUT2D eigenvalue weighted by Crippen LogP contribution is -2.13. The van der Waals surface area contributed by atoms with Crippen LogP contribution in [-0.4, -0.2) is 28.2 Å². The van der Waals surface area contributed by atoms with E-state index < -0.39 is 11.9 Å². The number of rotatable bonds is 4. The molecule has 0 aliphatic rings. The summed E-state index contributed by atoms with van der Waals surface area (Å²) in [6.07, 6.45) is 3.32. The lowest BCUT2D eigenvalue weighted by Gasteiger charge is -2.08. The molecule has 76 valence electrons. The van der Waals surface area contributed by atoms with Crippen molar-refractivity contribution in [3.05, 3.63) is 18.1 Å². The highest BCUT2D eigenvalue weighted by Gasteiger charge is 2.14. The number of ether oxygens (including phenoxy) is 1. The van der Waals surface area contributed by atoms with Crippen LogP contribution in [0.3, 0.4) is 0 Å². The molecule has 0 spiro atoms. The van der Waals surface area contributed by atoms with Gasteiger partial charge >= 0.3 is 5.97 Å². The molecule has 1 unspecified atom stereocenters. The summed E-state index contributed by atoms with van der Waals surface area (Å²) in [6.45, 7) is 1.63. The molecule has 0 aromatic carbocycles. The number of carbonyl (C=O) groups is 1. The van der Waals surface area contributed by atoms with E-state index in [-0.39, 0.29) is 0 Å². The van der Waals surface area contributed by atoms with Gasteiger partial charge in [0, 0.05) is 11.8 Å². The molecular weight excluding hydrogens is 184 g/mol. The maximum Gasteiger partial charge on any atom is 0.306 e. The number of methoxy groups -OCH3 is 1. The smallest absolute Gasteiger partial charge is 0.306 e. The third kappa shape index (κ3) is 2.42. The largest absolute Gasteiger partial charge is 0.481 e. The molecule has 0 amide bonds. The first-order valence-electron chi connectivity index (χ1n) is 4.20. The molecule has 1 aromatic heterocycles. The Balaban J connectivity index is 2.80. The van der Waals surface area contributed by atoms with E-state index in [0.29, 0.717) is 17.9 Å². The molecule has 1 N–H and O–H groups in total. The SMILES string of the molecule is COc1ncncc1CC(C)C(=O)O. The highest BCUT2D eigenvalue weighted by molar-refractivity contribution is 5.70. The number of carboxylic acids is 1. The topological polar surface area (TPSA) is 72.3 Å². The van der Waals surface area contributed by atoms with E-state index in [1.807, 2.05) is 0 Å². The second-order valence-electron chi connectivity index (χ2n) is 3.00. The summed E-state index contributed by atoms with van der Waals surface area (Å²) in [5.74, 6) is -0.862. The maximum absolute atomic E-state index is 10.6. The molecule has 0 radical (unpaired) electrons. The minimum absolute atomic E-state index is 0.374. The zero-order chi connectivity index (χ0) is 10.6. The second kappa shape index (κ2) is 4.55. The molecular formula is C9H12N2O3. The fourth-order valence-electron chi connectivity index (χ4n) is 1.09. The molecule has 0 saturated heterocycles. The highest BCUT2D eigenvalue weighted by atomic mass is 16.5. The normalized spacial score (nSPS) is 12.1. The van der Waals surface area contributed by atoms with Gasteiger partial charge in [-0.05, 0) is 6.42 Å². The minimum Gasteiger partial charge on any atom is -0.481 e. The van der Waals surface area contributed by atoms with Gasteiger partial charge in [0.1, 0.15) is 6.33 Å². The number of aromatic nitrogens is 2. The van der Waals surface area contributed by atoms with E-state index in [9.17, 15) is 4.79 Å². The summed E-state index contributed by atoms with van der Waals surface area (Å²) < 4.78 is 4.98. The lowest BCUT2D eigenvalue weighted by atomic mass is 10.0. The molecule has 0 aliphatic carbocycles. The summed E-state index contributed by atoms with van der Waals surface area (Å²) in [5, 5.41) is 8.73. The predicted molar refractivity (Wildman–Crippen MR) is 49.1 cm³/mol. The lowest BCUT2D eigenvalue weighted by molar-refractivity contribution is -0.141. The molecule has 1 rings (SSSR count).